The van der Waals surface area contributed by atoms with Gasteiger partial charge >= 0.3 is 0 Å². The van der Waals surface area contributed by atoms with Crippen LogP contribution in [0, 0.1) is 11.8 Å². The summed E-state index contributed by atoms with van der Waals surface area (Å²) in [5, 5.41) is 3.13. The summed E-state index contributed by atoms with van der Waals surface area (Å²) < 4.78 is 0. The van der Waals surface area contributed by atoms with Crippen molar-refractivity contribution in [2.24, 2.45) is 17.6 Å². The minimum Gasteiger partial charge on any atom is -0.355 e. The number of hydrogen-bond acceptors (Lipinski definition) is 2. The third-order valence-corrected chi connectivity index (χ3v) is 4.56. The van der Waals surface area contributed by atoms with Crippen molar-refractivity contribution >= 4 is 5.91 Å². The largest absolute Gasteiger partial charge is 0.355 e. The van der Waals surface area contributed by atoms with Crippen LogP contribution in [-0.2, 0) is 10.2 Å². The molecule has 0 spiro atoms. The molecular formula is C17H26N2O. The van der Waals surface area contributed by atoms with E-state index in [1.807, 2.05) is 18.2 Å². The molecular weight excluding hydrogens is 248 g/mol. The van der Waals surface area contributed by atoms with Crippen LogP contribution in [0.2, 0.25) is 0 Å². The number of nitrogens with one attached hydrogen (secondary N) is 1. The average molecular weight is 274 g/mol. The molecule has 0 radical (unpaired) electrons. The van der Waals surface area contributed by atoms with Crippen LogP contribution in [0.3, 0.4) is 0 Å². The van der Waals surface area contributed by atoms with Crippen molar-refractivity contribution in [2.75, 3.05) is 13.1 Å². The summed E-state index contributed by atoms with van der Waals surface area (Å²) in [6, 6.07) is 10.3. The van der Waals surface area contributed by atoms with Gasteiger partial charge in [-0.05, 0) is 30.9 Å². The van der Waals surface area contributed by atoms with Gasteiger partial charge in [0.05, 0.1) is 0 Å². The SMILES string of the molecule is CC(C)(CNC(=O)[C@@H]1CCC[C@@H]1CN)c1ccccc1. The zero-order valence-electron chi connectivity index (χ0n) is 12.6. The maximum atomic E-state index is 12.3. The zero-order chi connectivity index (χ0) is 14.6. The van der Waals surface area contributed by atoms with Crippen LogP contribution in [0.15, 0.2) is 30.3 Å². The highest BCUT2D eigenvalue weighted by molar-refractivity contribution is 5.79. The fourth-order valence-corrected chi connectivity index (χ4v) is 3.09. The number of benzene rings is 1. The first kappa shape index (κ1) is 15.0. The molecule has 3 heteroatoms. The van der Waals surface area contributed by atoms with E-state index < -0.39 is 0 Å². The molecule has 1 aromatic carbocycles. The summed E-state index contributed by atoms with van der Waals surface area (Å²) in [6.45, 7) is 5.62. The smallest absolute Gasteiger partial charge is 0.223 e. The topological polar surface area (TPSA) is 55.1 Å². The average Bonchev–Trinajstić information content (AvgIpc) is 2.94. The van der Waals surface area contributed by atoms with Crippen LogP contribution >= 0.6 is 0 Å². The van der Waals surface area contributed by atoms with E-state index in [1.54, 1.807) is 0 Å². The minimum atomic E-state index is -0.0479. The first-order valence-corrected chi connectivity index (χ1v) is 7.58. The number of hydrogen-bond donors (Lipinski definition) is 2. The molecule has 0 saturated heterocycles. The summed E-state index contributed by atoms with van der Waals surface area (Å²) in [5.41, 5.74) is 6.96. The summed E-state index contributed by atoms with van der Waals surface area (Å²) in [5.74, 6) is 0.670. The van der Waals surface area contributed by atoms with Crippen molar-refractivity contribution in [1.29, 1.82) is 0 Å². The lowest BCUT2D eigenvalue weighted by atomic mass is 9.84. The number of nitrogens with two attached hydrogens (primary N) is 1. The monoisotopic (exact) mass is 274 g/mol. The second kappa shape index (κ2) is 6.40. The first-order chi connectivity index (χ1) is 9.54. The van der Waals surface area contributed by atoms with E-state index in [9.17, 15) is 4.79 Å². The van der Waals surface area contributed by atoms with Gasteiger partial charge in [0.25, 0.3) is 0 Å². The lowest BCUT2D eigenvalue weighted by Crippen LogP contribution is -2.41. The number of rotatable bonds is 5. The van der Waals surface area contributed by atoms with E-state index in [4.69, 9.17) is 5.73 Å². The third-order valence-electron chi connectivity index (χ3n) is 4.56. The molecule has 1 aliphatic rings. The molecule has 110 valence electrons. The predicted octanol–water partition coefficient (Wildman–Crippen LogP) is 2.46. The van der Waals surface area contributed by atoms with Crippen molar-refractivity contribution in [3.05, 3.63) is 35.9 Å². The molecule has 1 saturated carbocycles. The van der Waals surface area contributed by atoms with Crippen LogP contribution in [0.1, 0.15) is 38.7 Å². The Hall–Kier alpha value is -1.35. The van der Waals surface area contributed by atoms with E-state index in [2.05, 4.69) is 31.3 Å². The molecule has 0 aliphatic heterocycles. The predicted molar refractivity (Wildman–Crippen MR) is 82.4 cm³/mol. The number of carbonyl (C=O) groups excluding carboxylic acids is 1. The molecule has 0 bridgehead atoms. The molecule has 2 rings (SSSR count). The lowest BCUT2D eigenvalue weighted by Gasteiger charge is -2.27. The molecule has 1 aliphatic carbocycles. The Bertz CT molecular complexity index is 442. The molecule has 1 amide bonds. The van der Waals surface area contributed by atoms with E-state index in [-0.39, 0.29) is 17.2 Å². The number of amides is 1. The normalized spacial score (nSPS) is 22.8. The zero-order valence-corrected chi connectivity index (χ0v) is 12.6. The van der Waals surface area contributed by atoms with Gasteiger partial charge in [-0.15, -0.1) is 0 Å². The molecule has 0 unspecified atom stereocenters. The Labute approximate surface area is 121 Å². The standard InChI is InChI=1S/C17H26N2O/c1-17(2,14-8-4-3-5-9-14)12-19-16(20)15-10-6-7-13(15)11-18/h3-5,8-9,13,15H,6-7,10-12,18H2,1-2H3,(H,19,20)/t13-,15-/m1/s1. The summed E-state index contributed by atoms with van der Waals surface area (Å²) in [7, 11) is 0. The van der Waals surface area contributed by atoms with Gasteiger partial charge in [0.2, 0.25) is 5.91 Å². The van der Waals surface area contributed by atoms with Crippen molar-refractivity contribution in [3.63, 3.8) is 0 Å². The van der Waals surface area contributed by atoms with E-state index in [0.717, 1.165) is 19.3 Å². The minimum absolute atomic E-state index is 0.0479. The highest BCUT2D eigenvalue weighted by Gasteiger charge is 2.32. The van der Waals surface area contributed by atoms with Crippen LogP contribution in [0.4, 0.5) is 0 Å². The second-order valence-electron chi connectivity index (χ2n) is 6.50. The summed E-state index contributed by atoms with van der Waals surface area (Å²) in [6.07, 6.45) is 3.21. The Morgan fingerprint density at radius 2 is 2.00 bits per heavy atom. The van der Waals surface area contributed by atoms with Crippen LogP contribution < -0.4 is 11.1 Å². The maximum absolute atomic E-state index is 12.3. The maximum Gasteiger partial charge on any atom is 0.223 e. The van der Waals surface area contributed by atoms with Gasteiger partial charge in [0.15, 0.2) is 0 Å². The molecule has 3 nitrogen and oxygen atoms in total. The Balaban J connectivity index is 1.93. The molecule has 20 heavy (non-hydrogen) atoms. The van der Waals surface area contributed by atoms with Crippen molar-refractivity contribution in [2.45, 2.75) is 38.5 Å². The highest BCUT2D eigenvalue weighted by atomic mass is 16.1. The van der Waals surface area contributed by atoms with Gasteiger partial charge in [-0.1, -0.05) is 50.6 Å². The fraction of sp³-hybridized carbons (Fsp3) is 0.588. The van der Waals surface area contributed by atoms with Crippen molar-refractivity contribution in [1.82, 2.24) is 5.32 Å². The molecule has 1 aromatic rings. The Morgan fingerprint density at radius 3 is 2.65 bits per heavy atom. The molecule has 1 fully saturated rings. The lowest BCUT2D eigenvalue weighted by molar-refractivity contribution is -0.126. The van der Waals surface area contributed by atoms with Gasteiger partial charge in [-0.2, -0.15) is 0 Å². The first-order valence-electron chi connectivity index (χ1n) is 7.58. The van der Waals surface area contributed by atoms with Crippen molar-refractivity contribution < 1.29 is 4.79 Å². The summed E-state index contributed by atoms with van der Waals surface area (Å²) >= 11 is 0. The van der Waals surface area contributed by atoms with Crippen LogP contribution in [0.25, 0.3) is 0 Å². The second-order valence-corrected chi connectivity index (χ2v) is 6.50. The summed E-state index contributed by atoms with van der Waals surface area (Å²) in [4.78, 5) is 12.3. The number of carbonyl (C=O) groups is 1. The van der Waals surface area contributed by atoms with Gasteiger partial charge in [-0.25, -0.2) is 0 Å². The van der Waals surface area contributed by atoms with Gasteiger partial charge in [-0.3, -0.25) is 4.79 Å². The molecule has 0 heterocycles. The van der Waals surface area contributed by atoms with Crippen LogP contribution in [0.5, 0.6) is 0 Å². The highest BCUT2D eigenvalue weighted by Crippen LogP contribution is 2.31. The third kappa shape index (κ3) is 3.40. The van der Waals surface area contributed by atoms with Crippen LogP contribution in [-0.4, -0.2) is 19.0 Å². The Morgan fingerprint density at radius 1 is 1.30 bits per heavy atom. The van der Waals surface area contributed by atoms with E-state index >= 15 is 0 Å². The van der Waals surface area contributed by atoms with E-state index in [1.165, 1.54) is 5.56 Å². The quantitative estimate of drug-likeness (QED) is 0.866. The molecule has 2 atom stereocenters. The van der Waals surface area contributed by atoms with Crippen molar-refractivity contribution in [3.8, 4) is 0 Å². The van der Waals surface area contributed by atoms with Gasteiger partial charge in [0.1, 0.15) is 0 Å². The van der Waals surface area contributed by atoms with E-state index in [0.29, 0.717) is 19.0 Å². The molecule has 0 aromatic heterocycles. The Kier molecular flexibility index (Phi) is 4.81. The van der Waals surface area contributed by atoms with Gasteiger partial charge in [0, 0.05) is 17.9 Å². The van der Waals surface area contributed by atoms with Gasteiger partial charge < -0.3 is 11.1 Å². The molecule has 3 N–H and O–H groups in total. The fourth-order valence-electron chi connectivity index (χ4n) is 3.09.